The van der Waals surface area contributed by atoms with E-state index in [1.807, 2.05) is 4.90 Å². The number of piperidine rings is 1. The fourth-order valence-electron chi connectivity index (χ4n) is 3.50. The van der Waals surface area contributed by atoms with Crippen molar-refractivity contribution in [2.45, 2.75) is 51.0 Å². The van der Waals surface area contributed by atoms with Crippen LogP contribution in [0.15, 0.2) is 0 Å². The van der Waals surface area contributed by atoms with Gasteiger partial charge in [-0.05, 0) is 64.6 Å². The topological polar surface area (TPSA) is 64.7 Å². The Kier molecular flexibility index (Phi) is 5.75. The molecule has 2 saturated heterocycles. The Hall–Kier alpha value is -1.30. The van der Waals surface area contributed by atoms with Gasteiger partial charge in [0.05, 0.1) is 0 Å². The molecule has 0 aromatic heterocycles. The van der Waals surface area contributed by atoms with Crippen LogP contribution >= 0.6 is 0 Å². The van der Waals surface area contributed by atoms with Crippen molar-refractivity contribution in [3.63, 3.8) is 0 Å². The molecule has 6 heteroatoms. The van der Waals surface area contributed by atoms with E-state index in [1.54, 1.807) is 0 Å². The van der Waals surface area contributed by atoms with Crippen LogP contribution in [0.1, 0.15) is 44.9 Å². The highest BCUT2D eigenvalue weighted by molar-refractivity contribution is 5.79. The van der Waals surface area contributed by atoms with E-state index < -0.39 is 0 Å². The van der Waals surface area contributed by atoms with E-state index in [2.05, 4.69) is 15.5 Å². The molecular weight excluding hydrogens is 292 g/mol. The summed E-state index contributed by atoms with van der Waals surface area (Å²) in [6.45, 7) is 5.71. The first-order chi connectivity index (χ1) is 11.2. The molecule has 3 aliphatic rings. The minimum atomic E-state index is 0.0528. The lowest BCUT2D eigenvalue weighted by atomic mass is 9.96. The molecule has 6 nitrogen and oxygen atoms in total. The number of urea groups is 1. The summed E-state index contributed by atoms with van der Waals surface area (Å²) < 4.78 is 0. The molecule has 23 heavy (non-hydrogen) atoms. The van der Waals surface area contributed by atoms with E-state index in [0.717, 1.165) is 45.2 Å². The lowest BCUT2D eigenvalue weighted by Gasteiger charge is -2.31. The third kappa shape index (κ3) is 5.09. The van der Waals surface area contributed by atoms with Crippen LogP contribution in [0.3, 0.4) is 0 Å². The van der Waals surface area contributed by atoms with Crippen LogP contribution in [0.4, 0.5) is 4.79 Å². The second-order valence-corrected chi connectivity index (χ2v) is 7.18. The fourth-order valence-corrected chi connectivity index (χ4v) is 3.50. The van der Waals surface area contributed by atoms with Crippen LogP contribution in [0.25, 0.3) is 0 Å². The molecule has 0 unspecified atom stereocenters. The Labute approximate surface area is 139 Å². The van der Waals surface area contributed by atoms with Crippen LogP contribution in [0.5, 0.6) is 0 Å². The van der Waals surface area contributed by atoms with Gasteiger partial charge in [-0.15, -0.1) is 0 Å². The molecule has 3 fully saturated rings. The standard InChI is InChI=1S/C17H30N4O2/c22-16(18-8-3-11-20-9-1-2-10-20)14-6-12-21(13-7-14)17(23)19-15-4-5-15/h14-15H,1-13H2,(H,18,22)(H,19,23). The summed E-state index contributed by atoms with van der Waals surface area (Å²) in [6.07, 6.45) is 7.48. The largest absolute Gasteiger partial charge is 0.356 e. The van der Waals surface area contributed by atoms with Gasteiger partial charge >= 0.3 is 6.03 Å². The summed E-state index contributed by atoms with van der Waals surface area (Å²) in [5, 5.41) is 6.10. The minimum Gasteiger partial charge on any atom is -0.356 e. The highest BCUT2D eigenvalue weighted by atomic mass is 16.2. The van der Waals surface area contributed by atoms with Gasteiger partial charge in [0.15, 0.2) is 0 Å². The Morgan fingerprint density at radius 2 is 1.65 bits per heavy atom. The first-order valence-electron chi connectivity index (χ1n) is 9.28. The first-order valence-corrected chi connectivity index (χ1v) is 9.28. The zero-order valence-electron chi connectivity index (χ0n) is 14.1. The molecule has 2 N–H and O–H groups in total. The van der Waals surface area contributed by atoms with E-state index in [0.29, 0.717) is 19.1 Å². The zero-order valence-corrected chi connectivity index (χ0v) is 14.1. The predicted molar refractivity (Wildman–Crippen MR) is 89.2 cm³/mol. The number of nitrogens with one attached hydrogen (secondary N) is 2. The van der Waals surface area contributed by atoms with Crippen molar-refractivity contribution in [1.82, 2.24) is 20.4 Å². The molecule has 1 aliphatic carbocycles. The van der Waals surface area contributed by atoms with Crippen LogP contribution in [0, 0.1) is 5.92 Å². The van der Waals surface area contributed by atoms with Crippen molar-refractivity contribution in [2.75, 3.05) is 39.3 Å². The molecule has 130 valence electrons. The van der Waals surface area contributed by atoms with Crippen molar-refractivity contribution < 1.29 is 9.59 Å². The molecule has 0 bridgehead atoms. The highest BCUT2D eigenvalue weighted by Crippen LogP contribution is 2.21. The Morgan fingerprint density at radius 1 is 0.957 bits per heavy atom. The van der Waals surface area contributed by atoms with Gasteiger partial charge in [0.25, 0.3) is 0 Å². The summed E-state index contributed by atoms with van der Waals surface area (Å²) in [4.78, 5) is 28.5. The average molecular weight is 322 g/mol. The van der Waals surface area contributed by atoms with Crippen LogP contribution < -0.4 is 10.6 Å². The van der Waals surface area contributed by atoms with Gasteiger partial charge in [-0.1, -0.05) is 0 Å². The summed E-state index contributed by atoms with van der Waals surface area (Å²) in [7, 11) is 0. The molecule has 3 amide bonds. The van der Waals surface area contributed by atoms with Gasteiger partial charge in [0.1, 0.15) is 0 Å². The molecule has 2 heterocycles. The van der Waals surface area contributed by atoms with Crippen LogP contribution in [-0.4, -0.2) is 67.0 Å². The summed E-state index contributed by atoms with van der Waals surface area (Å²) in [6, 6.07) is 0.455. The molecular formula is C17H30N4O2. The van der Waals surface area contributed by atoms with Gasteiger partial charge in [-0.2, -0.15) is 0 Å². The van der Waals surface area contributed by atoms with E-state index >= 15 is 0 Å². The van der Waals surface area contributed by atoms with Crippen LogP contribution in [-0.2, 0) is 4.79 Å². The molecule has 0 spiro atoms. The number of hydrogen-bond acceptors (Lipinski definition) is 3. The van der Waals surface area contributed by atoms with Gasteiger partial charge in [0, 0.05) is 31.6 Å². The maximum atomic E-state index is 12.2. The lowest BCUT2D eigenvalue weighted by molar-refractivity contribution is -0.126. The van der Waals surface area contributed by atoms with Gasteiger partial charge < -0.3 is 20.4 Å². The van der Waals surface area contributed by atoms with Gasteiger partial charge in [-0.25, -0.2) is 4.79 Å². The molecule has 2 aliphatic heterocycles. The van der Waals surface area contributed by atoms with E-state index in [9.17, 15) is 9.59 Å². The Balaban J connectivity index is 1.27. The average Bonchev–Trinajstić information content (AvgIpc) is 3.23. The lowest BCUT2D eigenvalue weighted by Crippen LogP contribution is -2.47. The molecule has 0 atom stereocenters. The second-order valence-electron chi connectivity index (χ2n) is 7.18. The fraction of sp³-hybridized carbons (Fsp3) is 0.882. The van der Waals surface area contributed by atoms with Crippen molar-refractivity contribution in [3.8, 4) is 0 Å². The summed E-state index contributed by atoms with van der Waals surface area (Å²) in [5.41, 5.74) is 0. The summed E-state index contributed by atoms with van der Waals surface area (Å²) >= 11 is 0. The van der Waals surface area contributed by atoms with Gasteiger partial charge in [0.2, 0.25) is 5.91 Å². The quantitative estimate of drug-likeness (QED) is 0.722. The number of amides is 3. The third-order valence-electron chi connectivity index (χ3n) is 5.21. The smallest absolute Gasteiger partial charge is 0.317 e. The Bertz CT molecular complexity index is 411. The van der Waals surface area contributed by atoms with Crippen molar-refractivity contribution in [2.24, 2.45) is 5.92 Å². The zero-order chi connectivity index (χ0) is 16.1. The van der Waals surface area contributed by atoms with E-state index in [1.165, 1.54) is 25.9 Å². The number of carbonyl (C=O) groups is 2. The highest BCUT2D eigenvalue weighted by Gasteiger charge is 2.30. The first kappa shape index (κ1) is 16.6. The number of rotatable bonds is 6. The van der Waals surface area contributed by atoms with E-state index in [4.69, 9.17) is 0 Å². The SMILES string of the molecule is O=C(NCCCN1CCCC1)C1CCN(C(=O)NC2CC2)CC1. The molecule has 0 radical (unpaired) electrons. The second kappa shape index (κ2) is 7.99. The minimum absolute atomic E-state index is 0.0528. The maximum absolute atomic E-state index is 12.2. The van der Waals surface area contributed by atoms with Gasteiger partial charge in [-0.3, -0.25) is 4.79 Å². The molecule has 1 saturated carbocycles. The van der Waals surface area contributed by atoms with Crippen molar-refractivity contribution >= 4 is 11.9 Å². The van der Waals surface area contributed by atoms with E-state index in [-0.39, 0.29) is 17.9 Å². The number of carbonyl (C=O) groups excluding carboxylic acids is 2. The van der Waals surface area contributed by atoms with Crippen molar-refractivity contribution in [3.05, 3.63) is 0 Å². The number of hydrogen-bond donors (Lipinski definition) is 2. The Morgan fingerprint density at radius 3 is 2.30 bits per heavy atom. The number of likely N-dealkylation sites (tertiary alicyclic amines) is 2. The predicted octanol–water partition coefficient (Wildman–Crippen LogP) is 1.17. The van der Waals surface area contributed by atoms with Crippen molar-refractivity contribution in [1.29, 1.82) is 0 Å². The third-order valence-corrected chi connectivity index (χ3v) is 5.21. The summed E-state index contributed by atoms with van der Waals surface area (Å²) in [5.74, 6) is 0.250. The molecule has 0 aromatic carbocycles. The van der Waals surface area contributed by atoms with Crippen LogP contribution in [0.2, 0.25) is 0 Å². The maximum Gasteiger partial charge on any atom is 0.317 e. The monoisotopic (exact) mass is 322 g/mol. The molecule has 3 rings (SSSR count). The molecule has 0 aromatic rings. The normalized spacial score (nSPS) is 23.0. The number of nitrogens with zero attached hydrogens (tertiary/aromatic N) is 2.